The van der Waals surface area contributed by atoms with E-state index in [0.717, 1.165) is 15.6 Å². The minimum absolute atomic E-state index is 0.221. The molecule has 3 aromatic rings. The molecule has 0 saturated carbocycles. The van der Waals surface area contributed by atoms with Crippen molar-refractivity contribution in [3.63, 3.8) is 0 Å². The van der Waals surface area contributed by atoms with E-state index in [1.165, 1.54) is 6.20 Å². The van der Waals surface area contributed by atoms with Crippen molar-refractivity contribution in [2.24, 2.45) is 0 Å². The van der Waals surface area contributed by atoms with Gasteiger partial charge in [0.2, 0.25) is 0 Å². The fourth-order valence-electron chi connectivity index (χ4n) is 2.53. The maximum Gasteiger partial charge on any atom is 0.418 e. The number of nitrogens with zero attached hydrogens (tertiary/aromatic N) is 1. The lowest BCUT2D eigenvalue weighted by Gasteiger charge is -2.10. The van der Waals surface area contributed by atoms with E-state index in [4.69, 9.17) is 0 Å². The summed E-state index contributed by atoms with van der Waals surface area (Å²) in [5.74, 6) is 0. The SMILES string of the molecule is FC(F)(F)c1cn(Cc2ccccc2)c(-c2ccc(Br)cc2)c1I. The van der Waals surface area contributed by atoms with Crippen molar-refractivity contribution in [2.75, 3.05) is 0 Å². The molecule has 2 aromatic carbocycles. The van der Waals surface area contributed by atoms with Crippen molar-refractivity contribution in [1.82, 2.24) is 4.57 Å². The Kier molecular flexibility index (Phi) is 5.05. The van der Waals surface area contributed by atoms with E-state index in [1.54, 1.807) is 27.2 Å². The standard InChI is InChI=1S/C18H12BrF3IN/c19-14-8-6-13(7-9-14)17-16(23)15(18(20,21)22)11-24(17)10-12-4-2-1-3-5-12/h1-9,11H,10H2. The molecule has 6 heteroatoms. The molecule has 124 valence electrons. The maximum atomic E-state index is 13.3. The molecule has 0 saturated heterocycles. The molecule has 0 aliphatic heterocycles. The van der Waals surface area contributed by atoms with Crippen LogP contribution in [-0.2, 0) is 12.7 Å². The lowest BCUT2D eigenvalue weighted by Crippen LogP contribution is -2.05. The number of hydrogen-bond donors (Lipinski definition) is 0. The molecule has 0 aliphatic rings. The number of halogens is 5. The molecular formula is C18H12BrF3IN. The van der Waals surface area contributed by atoms with Gasteiger partial charge in [0.1, 0.15) is 0 Å². The predicted octanol–water partition coefficient (Wildman–Crippen LogP) is 6.59. The van der Waals surface area contributed by atoms with Crippen molar-refractivity contribution < 1.29 is 13.2 Å². The van der Waals surface area contributed by atoms with Crippen molar-refractivity contribution in [2.45, 2.75) is 12.7 Å². The van der Waals surface area contributed by atoms with Crippen LogP contribution in [-0.4, -0.2) is 4.57 Å². The highest BCUT2D eigenvalue weighted by molar-refractivity contribution is 14.1. The second-order valence-electron chi connectivity index (χ2n) is 5.32. The number of alkyl halides is 3. The Morgan fingerprint density at radius 2 is 1.58 bits per heavy atom. The lowest BCUT2D eigenvalue weighted by atomic mass is 10.1. The molecule has 1 heterocycles. The predicted molar refractivity (Wildman–Crippen MR) is 101 cm³/mol. The molecule has 1 nitrogen and oxygen atoms in total. The molecule has 0 atom stereocenters. The van der Waals surface area contributed by atoms with Crippen molar-refractivity contribution in [3.8, 4) is 11.3 Å². The first-order valence-corrected chi connectivity index (χ1v) is 8.99. The Balaban J connectivity index is 2.14. The number of aromatic nitrogens is 1. The molecule has 0 radical (unpaired) electrons. The molecule has 0 spiro atoms. The first-order chi connectivity index (χ1) is 11.4. The van der Waals surface area contributed by atoms with Crippen molar-refractivity contribution >= 4 is 38.5 Å². The summed E-state index contributed by atoms with van der Waals surface area (Å²) in [6.07, 6.45) is -3.17. The van der Waals surface area contributed by atoms with E-state index in [9.17, 15) is 13.2 Å². The van der Waals surface area contributed by atoms with E-state index in [2.05, 4.69) is 15.9 Å². The van der Waals surface area contributed by atoms with Gasteiger partial charge in [-0.15, -0.1) is 0 Å². The first-order valence-electron chi connectivity index (χ1n) is 7.12. The number of benzene rings is 2. The molecule has 0 unspecified atom stereocenters. The van der Waals surface area contributed by atoms with Gasteiger partial charge in [0.15, 0.2) is 0 Å². The largest absolute Gasteiger partial charge is 0.418 e. The molecule has 0 fully saturated rings. The summed E-state index contributed by atoms with van der Waals surface area (Å²) in [6.45, 7) is 0.387. The van der Waals surface area contributed by atoms with E-state index in [1.807, 2.05) is 54.6 Å². The van der Waals surface area contributed by atoms with E-state index in [0.29, 0.717) is 12.2 Å². The molecule has 24 heavy (non-hydrogen) atoms. The molecule has 3 rings (SSSR count). The summed E-state index contributed by atoms with van der Waals surface area (Å²) in [5.41, 5.74) is 1.70. The average Bonchev–Trinajstić information content (AvgIpc) is 2.86. The second kappa shape index (κ2) is 6.92. The quantitative estimate of drug-likeness (QED) is 0.354. The van der Waals surface area contributed by atoms with Gasteiger partial charge >= 0.3 is 6.18 Å². The van der Waals surface area contributed by atoms with E-state index in [-0.39, 0.29) is 3.57 Å². The van der Waals surface area contributed by atoms with Gasteiger partial charge < -0.3 is 4.57 Å². The summed E-state index contributed by atoms with van der Waals surface area (Å²) < 4.78 is 42.8. The third-order valence-corrected chi connectivity index (χ3v) is 5.26. The van der Waals surface area contributed by atoms with Gasteiger partial charge in [-0.2, -0.15) is 13.2 Å². The van der Waals surface area contributed by atoms with E-state index < -0.39 is 11.7 Å². The third-order valence-electron chi connectivity index (χ3n) is 3.64. The summed E-state index contributed by atoms with van der Waals surface area (Å²) in [7, 11) is 0. The van der Waals surface area contributed by atoms with Crippen molar-refractivity contribution in [1.29, 1.82) is 0 Å². The van der Waals surface area contributed by atoms with Crippen LogP contribution in [0.15, 0.2) is 65.3 Å². The van der Waals surface area contributed by atoms with Crippen LogP contribution in [0.3, 0.4) is 0 Å². The monoisotopic (exact) mass is 505 g/mol. The zero-order valence-corrected chi connectivity index (χ0v) is 16.1. The van der Waals surface area contributed by atoms with Gasteiger partial charge in [0, 0.05) is 17.2 Å². The highest BCUT2D eigenvalue weighted by atomic mass is 127. The Bertz CT molecular complexity index is 839. The van der Waals surface area contributed by atoms with Gasteiger partial charge in [0.05, 0.1) is 14.8 Å². The Morgan fingerprint density at radius 3 is 2.17 bits per heavy atom. The fraction of sp³-hybridized carbons (Fsp3) is 0.111. The van der Waals surface area contributed by atoms with Crippen LogP contribution in [0.4, 0.5) is 13.2 Å². The summed E-state index contributed by atoms with van der Waals surface area (Å²) in [5, 5.41) is 0. The van der Waals surface area contributed by atoms with Gasteiger partial charge in [-0.05, 0) is 45.9 Å². The van der Waals surface area contributed by atoms with Gasteiger partial charge in [-0.3, -0.25) is 0 Å². The van der Waals surface area contributed by atoms with E-state index >= 15 is 0 Å². The molecule has 0 aliphatic carbocycles. The Labute approximate surface area is 159 Å². The molecule has 0 N–H and O–H groups in total. The highest BCUT2D eigenvalue weighted by Gasteiger charge is 2.36. The van der Waals surface area contributed by atoms with Crippen LogP contribution < -0.4 is 0 Å². The Morgan fingerprint density at radius 1 is 0.958 bits per heavy atom. The average molecular weight is 506 g/mol. The summed E-state index contributed by atoms with van der Waals surface area (Å²) in [4.78, 5) is 0. The number of rotatable bonds is 3. The molecule has 0 bridgehead atoms. The van der Waals surface area contributed by atoms with Crippen LogP contribution in [0, 0.1) is 3.57 Å². The smallest absolute Gasteiger partial charge is 0.342 e. The number of hydrogen-bond acceptors (Lipinski definition) is 0. The van der Waals surface area contributed by atoms with Crippen LogP contribution >= 0.6 is 38.5 Å². The maximum absolute atomic E-state index is 13.3. The second-order valence-corrected chi connectivity index (χ2v) is 7.32. The molecule has 0 amide bonds. The third kappa shape index (κ3) is 3.69. The topological polar surface area (TPSA) is 4.93 Å². The van der Waals surface area contributed by atoms with Crippen LogP contribution in [0.2, 0.25) is 0 Å². The van der Waals surface area contributed by atoms with Gasteiger partial charge in [-0.25, -0.2) is 0 Å². The van der Waals surface area contributed by atoms with Crippen LogP contribution in [0.25, 0.3) is 11.3 Å². The first kappa shape index (κ1) is 17.5. The zero-order valence-electron chi connectivity index (χ0n) is 12.3. The summed E-state index contributed by atoms with van der Waals surface area (Å²) >= 11 is 5.15. The lowest BCUT2D eigenvalue weighted by molar-refractivity contribution is -0.138. The minimum Gasteiger partial charge on any atom is -0.342 e. The Hall–Kier alpha value is -1.28. The normalized spacial score (nSPS) is 11.7. The zero-order chi connectivity index (χ0) is 17.3. The van der Waals surface area contributed by atoms with Gasteiger partial charge in [0.25, 0.3) is 0 Å². The van der Waals surface area contributed by atoms with Crippen LogP contribution in [0.5, 0.6) is 0 Å². The fourth-order valence-corrected chi connectivity index (χ4v) is 3.86. The molecular weight excluding hydrogens is 494 g/mol. The van der Waals surface area contributed by atoms with Crippen LogP contribution in [0.1, 0.15) is 11.1 Å². The van der Waals surface area contributed by atoms with Gasteiger partial charge in [-0.1, -0.05) is 58.4 Å². The highest BCUT2D eigenvalue weighted by Crippen LogP contribution is 2.39. The summed E-state index contributed by atoms with van der Waals surface area (Å²) in [6, 6.07) is 16.8. The van der Waals surface area contributed by atoms with Crippen molar-refractivity contribution in [3.05, 3.63) is 80.0 Å². The molecule has 1 aromatic heterocycles. The minimum atomic E-state index is -4.37.